The molecule has 1 atom stereocenters. The summed E-state index contributed by atoms with van der Waals surface area (Å²) in [6.07, 6.45) is 2.41. The number of anilines is 1. The first-order valence-corrected chi connectivity index (χ1v) is 6.97. The number of ether oxygens (including phenoxy) is 1. The summed E-state index contributed by atoms with van der Waals surface area (Å²) in [5, 5.41) is 6.62. The van der Waals surface area contributed by atoms with Crippen molar-refractivity contribution < 1.29 is 9.13 Å². The highest BCUT2D eigenvalue weighted by Gasteiger charge is 2.15. The molecule has 0 aromatic heterocycles. The largest absolute Gasteiger partial charge is 0.376 e. The lowest BCUT2D eigenvalue weighted by atomic mass is 10.2. The van der Waals surface area contributed by atoms with E-state index in [0.717, 1.165) is 25.1 Å². The summed E-state index contributed by atoms with van der Waals surface area (Å²) in [5.41, 5.74) is 0.737. The van der Waals surface area contributed by atoms with Gasteiger partial charge in [0.15, 0.2) is 5.11 Å². The molecule has 0 aliphatic carbocycles. The minimum absolute atomic E-state index is 0.237. The molecular formula is C12H14BrFN2OS. The van der Waals surface area contributed by atoms with Crippen molar-refractivity contribution in [2.24, 2.45) is 0 Å². The fourth-order valence-corrected chi connectivity index (χ4v) is 2.41. The van der Waals surface area contributed by atoms with Crippen LogP contribution in [0.5, 0.6) is 0 Å². The molecule has 1 aromatic rings. The predicted molar refractivity (Wildman–Crippen MR) is 77.3 cm³/mol. The third kappa shape index (κ3) is 3.90. The summed E-state index contributed by atoms with van der Waals surface area (Å²) in [6, 6.07) is 4.42. The predicted octanol–water partition coefficient (Wildman–Crippen LogP) is 3.05. The maximum absolute atomic E-state index is 12.9. The van der Waals surface area contributed by atoms with Gasteiger partial charge in [-0.25, -0.2) is 4.39 Å². The lowest BCUT2D eigenvalue weighted by Crippen LogP contribution is -2.34. The van der Waals surface area contributed by atoms with E-state index in [1.807, 2.05) is 0 Å². The molecule has 1 fully saturated rings. The molecule has 1 aromatic carbocycles. The summed E-state index contributed by atoms with van der Waals surface area (Å²) < 4.78 is 19.0. The van der Waals surface area contributed by atoms with Crippen LogP contribution in [0.1, 0.15) is 12.8 Å². The minimum atomic E-state index is -0.286. The second kappa shape index (κ2) is 6.45. The molecule has 0 saturated carbocycles. The highest BCUT2D eigenvalue weighted by molar-refractivity contribution is 9.10. The van der Waals surface area contributed by atoms with Gasteiger partial charge in [0.25, 0.3) is 0 Å². The Morgan fingerprint density at radius 3 is 3.06 bits per heavy atom. The summed E-state index contributed by atoms with van der Waals surface area (Å²) in [7, 11) is 0. The Bertz CT molecular complexity index is 438. The maximum Gasteiger partial charge on any atom is 0.170 e. The third-order valence-corrected chi connectivity index (χ3v) is 3.60. The molecule has 18 heavy (non-hydrogen) atoms. The van der Waals surface area contributed by atoms with Crippen LogP contribution in [0.4, 0.5) is 10.1 Å². The normalized spacial score (nSPS) is 18.7. The summed E-state index contributed by atoms with van der Waals surface area (Å²) >= 11 is 8.45. The average molecular weight is 333 g/mol. The van der Waals surface area contributed by atoms with Crippen molar-refractivity contribution in [3.8, 4) is 0 Å². The van der Waals surface area contributed by atoms with Crippen molar-refractivity contribution in [2.45, 2.75) is 18.9 Å². The van der Waals surface area contributed by atoms with Crippen LogP contribution in [-0.4, -0.2) is 24.4 Å². The highest BCUT2D eigenvalue weighted by atomic mass is 79.9. The Morgan fingerprint density at radius 1 is 1.56 bits per heavy atom. The van der Waals surface area contributed by atoms with Crippen molar-refractivity contribution in [3.63, 3.8) is 0 Å². The summed E-state index contributed by atoms with van der Waals surface area (Å²) in [6.45, 7) is 1.53. The van der Waals surface area contributed by atoms with Gasteiger partial charge < -0.3 is 15.4 Å². The number of rotatable bonds is 3. The standard InChI is InChI=1S/C12H14BrFN2OS/c13-10-6-8(14)3-4-11(10)16-12(18)15-7-9-2-1-5-17-9/h3-4,6,9H,1-2,5,7H2,(H2,15,16,18). The molecule has 1 aliphatic rings. The molecular weight excluding hydrogens is 319 g/mol. The molecule has 0 radical (unpaired) electrons. The molecule has 2 rings (SSSR count). The highest BCUT2D eigenvalue weighted by Crippen LogP contribution is 2.22. The van der Waals surface area contributed by atoms with Gasteiger partial charge in [-0.1, -0.05) is 0 Å². The van der Waals surface area contributed by atoms with Crippen LogP contribution in [0.25, 0.3) is 0 Å². The molecule has 1 unspecified atom stereocenters. The van der Waals surface area contributed by atoms with E-state index in [2.05, 4.69) is 26.6 Å². The Balaban J connectivity index is 1.82. The van der Waals surface area contributed by atoms with E-state index < -0.39 is 0 Å². The zero-order chi connectivity index (χ0) is 13.0. The first kappa shape index (κ1) is 13.7. The van der Waals surface area contributed by atoms with Gasteiger partial charge in [-0.15, -0.1) is 0 Å². The van der Waals surface area contributed by atoms with Gasteiger partial charge in [-0.05, 0) is 59.2 Å². The van der Waals surface area contributed by atoms with E-state index in [1.165, 1.54) is 12.1 Å². The molecule has 1 saturated heterocycles. The van der Waals surface area contributed by atoms with E-state index in [4.69, 9.17) is 17.0 Å². The monoisotopic (exact) mass is 332 g/mol. The quantitative estimate of drug-likeness (QED) is 0.833. The summed E-state index contributed by atoms with van der Waals surface area (Å²) in [5.74, 6) is -0.286. The van der Waals surface area contributed by atoms with Crippen LogP contribution in [-0.2, 0) is 4.74 Å². The Kier molecular flexibility index (Phi) is 4.91. The zero-order valence-corrected chi connectivity index (χ0v) is 12.1. The number of thiocarbonyl (C=S) groups is 1. The van der Waals surface area contributed by atoms with E-state index in [-0.39, 0.29) is 11.9 Å². The number of benzene rings is 1. The van der Waals surface area contributed by atoms with Crippen molar-refractivity contribution in [1.82, 2.24) is 5.32 Å². The average Bonchev–Trinajstić information content (AvgIpc) is 2.83. The minimum Gasteiger partial charge on any atom is -0.376 e. The topological polar surface area (TPSA) is 33.3 Å². The molecule has 0 amide bonds. The van der Waals surface area contributed by atoms with Crippen molar-refractivity contribution in [3.05, 3.63) is 28.5 Å². The van der Waals surface area contributed by atoms with Crippen molar-refractivity contribution >= 4 is 38.9 Å². The molecule has 6 heteroatoms. The Hall–Kier alpha value is -0.720. The lowest BCUT2D eigenvalue weighted by molar-refractivity contribution is 0.114. The summed E-state index contributed by atoms with van der Waals surface area (Å²) in [4.78, 5) is 0. The first-order chi connectivity index (χ1) is 8.65. The van der Waals surface area contributed by atoms with Crippen LogP contribution in [0.15, 0.2) is 22.7 Å². The van der Waals surface area contributed by atoms with Crippen LogP contribution < -0.4 is 10.6 Å². The smallest absolute Gasteiger partial charge is 0.170 e. The molecule has 1 aliphatic heterocycles. The molecule has 0 bridgehead atoms. The van der Waals surface area contributed by atoms with Gasteiger partial charge in [0.1, 0.15) is 5.82 Å². The second-order valence-corrected chi connectivity index (χ2v) is 5.36. The van der Waals surface area contributed by atoms with E-state index in [9.17, 15) is 4.39 Å². The molecule has 2 N–H and O–H groups in total. The lowest BCUT2D eigenvalue weighted by Gasteiger charge is -2.14. The Morgan fingerprint density at radius 2 is 2.39 bits per heavy atom. The number of hydrogen-bond donors (Lipinski definition) is 2. The van der Waals surface area contributed by atoms with Gasteiger partial charge >= 0.3 is 0 Å². The molecule has 1 heterocycles. The van der Waals surface area contributed by atoms with Crippen LogP contribution in [0.3, 0.4) is 0 Å². The van der Waals surface area contributed by atoms with Gasteiger partial charge in [0, 0.05) is 17.6 Å². The molecule has 98 valence electrons. The Labute approximate surface area is 119 Å². The number of halogens is 2. The van der Waals surface area contributed by atoms with Gasteiger partial charge in [0.05, 0.1) is 11.8 Å². The maximum atomic E-state index is 12.9. The second-order valence-electron chi connectivity index (χ2n) is 4.09. The number of hydrogen-bond acceptors (Lipinski definition) is 2. The van der Waals surface area contributed by atoms with E-state index in [0.29, 0.717) is 16.1 Å². The van der Waals surface area contributed by atoms with E-state index >= 15 is 0 Å². The zero-order valence-electron chi connectivity index (χ0n) is 9.71. The number of nitrogens with one attached hydrogen (secondary N) is 2. The van der Waals surface area contributed by atoms with Crippen LogP contribution in [0, 0.1) is 5.82 Å². The first-order valence-electron chi connectivity index (χ1n) is 5.76. The van der Waals surface area contributed by atoms with Gasteiger partial charge in [-0.3, -0.25) is 0 Å². The fourth-order valence-electron chi connectivity index (χ4n) is 1.77. The third-order valence-electron chi connectivity index (χ3n) is 2.69. The molecule has 3 nitrogen and oxygen atoms in total. The SMILES string of the molecule is Fc1ccc(NC(=S)NCC2CCCO2)c(Br)c1. The van der Waals surface area contributed by atoms with Gasteiger partial charge in [-0.2, -0.15) is 0 Å². The fraction of sp³-hybridized carbons (Fsp3) is 0.417. The van der Waals surface area contributed by atoms with Gasteiger partial charge in [0.2, 0.25) is 0 Å². The van der Waals surface area contributed by atoms with E-state index in [1.54, 1.807) is 6.07 Å². The molecule has 0 spiro atoms. The van der Waals surface area contributed by atoms with Crippen LogP contribution in [0.2, 0.25) is 0 Å². The van der Waals surface area contributed by atoms with Crippen molar-refractivity contribution in [1.29, 1.82) is 0 Å². The van der Waals surface area contributed by atoms with Crippen LogP contribution >= 0.6 is 28.1 Å². The van der Waals surface area contributed by atoms with Crippen molar-refractivity contribution in [2.75, 3.05) is 18.5 Å².